The van der Waals surface area contributed by atoms with Gasteiger partial charge < -0.3 is 0 Å². The molecule has 2 aromatic carbocycles. The lowest BCUT2D eigenvalue weighted by Crippen LogP contribution is -1.95. The monoisotopic (exact) mass is 272 g/mol. The Balaban J connectivity index is 2.08. The lowest BCUT2D eigenvalue weighted by Gasteiger charge is -2.17. The van der Waals surface area contributed by atoms with Crippen molar-refractivity contribution >= 4 is 5.57 Å². The highest BCUT2D eigenvalue weighted by Gasteiger charge is 2.11. The van der Waals surface area contributed by atoms with Crippen molar-refractivity contribution in [2.24, 2.45) is 0 Å². The molecule has 1 aliphatic carbocycles. The van der Waals surface area contributed by atoms with Crippen molar-refractivity contribution in [2.45, 2.75) is 19.8 Å². The summed E-state index contributed by atoms with van der Waals surface area (Å²) in [6.45, 7) is 6.19. The molecule has 0 heterocycles. The second-order valence-electron chi connectivity index (χ2n) is 5.56. The lowest BCUT2D eigenvalue weighted by molar-refractivity contribution is 0.974. The summed E-state index contributed by atoms with van der Waals surface area (Å²) in [4.78, 5) is 0. The maximum absolute atomic E-state index is 4.09. The van der Waals surface area contributed by atoms with Gasteiger partial charge in [0.15, 0.2) is 0 Å². The third-order valence-electron chi connectivity index (χ3n) is 3.98. The summed E-state index contributed by atoms with van der Waals surface area (Å²) >= 11 is 0. The molecule has 0 fully saturated rings. The van der Waals surface area contributed by atoms with Crippen LogP contribution in [0.1, 0.15) is 25.3 Å². The van der Waals surface area contributed by atoms with E-state index < -0.39 is 0 Å². The zero-order valence-electron chi connectivity index (χ0n) is 12.5. The smallest absolute Gasteiger partial charge is 0.0106 e. The van der Waals surface area contributed by atoms with Gasteiger partial charge in [-0.15, -0.1) is 0 Å². The quantitative estimate of drug-likeness (QED) is 0.639. The van der Waals surface area contributed by atoms with Gasteiger partial charge in [0.2, 0.25) is 0 Å². The van der Waals surface area contributed by atoms with Gasteiger partial charge in [-0.3, -0.25) is 0 Å². The van der Waals surface area contributed by atoms with Crippen LogP contribution in [0.3, 0.4) is 0 Å². The molecule has 0 heteroatoms. The molecule has 2 aromatic rings. The Morgan fingerprint density at radius 1 is 0.905 bits per heavy atom. The second-order valence-corrected chi connectivity index (χ2v) is 5.56. The van der Waals surface area contributed by atoms with E-state index in [1.807, 2.05) is 0 Å². The van der Waals surface area contributed by atoms with Crippen molar-refractivity contribution in [3.8, 4) is 11.1 Å². The Morgan fingerprint density at radius 2 is 1.57 bits per heavy atom. The second kappa shape index (κ2) is 5.97. The summed E-state index contributed by atoms with van der Waals surface area (Å²) in [5.41, 5.74) is 7.74. The van der Waals surface area contributed by atoms with Crippen LogP contribution in [0.15, 0.2) is 84.5 Å². The molecule has 0 nitrogen and oxygen atoms in total. The maximum atomic E-state index is 4.09. The summed E-state index contributed by atoms with van der Waals surface area (Å²) in [7, 11) is 0. The molecule has 0 bridgehead atoms. The molecular formula is C21H20. The summed E-state index contributed by atoms with van der Waals surface area (Å²) in [5.74, 6) is 0. The molecule has 0 amide bonds. The fourth-order valence-electron chi connectivity index (χ4n) is 2.83. The highest BCUT2D eigenvalue weighted by molar-refractivity contribution is 5.86. The molecule has 104 valence electrons. The van der Waals surface area contributed by atoms with Crippen LogP contribution in [0.5, 0.6) is 0 Å². The van der Waals surface area contributed by atoms with Crippen molar-refractivity contribution in [2.75, 3.05) is 0 Å². The van der Waals surface area contributed by atoms with E-state index in [1.165, 1.54) is 33.4 Å². The molecule has 0 N–H and O–H groups in total. The Hall–Kier alpha value is -2.34. The number of benzene rings is 2. The molecule has 1 aliphatic rings. The van der Waals surface area contributed by atoms with E-state index in [0.717, 1.165) is 12.8 Å². The van der Waals surface area contributed by atoms with Gasteiger partial charge in [0, 0.05) is 0 Å². The summed E-state index contributed by atoms with van der Waals surface area (Å²) in [5, 5.41) is 0. The van der Waals surface area contributed by atoms with Crippen LogP contribution in [0.4, 0.5) is 0 Å². The molecule has 0 radical (unpaired) electrons. The zero-order chi connectivity index (χ0) is 14.7. The van der Waals surface area contributed by atoms with Gasteiger partial charge in [0.05, 0.1) is 0 Å². The molecule has 3 rings (SSSR count). The largest absolute Gasteiger partial charge is 0.0958 e. The minimum atomic E-state index is 1.09. The predicted octanol–water partition coefficient (Wildman–Crippen LogP) is 6.03. The van der Waals surface area contributed by atoms with E-state index in [0.29, 0.717) is 0 Å². The Labute approximate surface area is 127 Å². The van der Waals surface area contributed by atoms with Crippen LogP contribution in [0.25, 0.3) is 16.7 Å². The predicted molar refractivity (Wildman–Crippen MR) is 92.0 cm³/mol. The molecule has 0 aliphatic heterocycles. The number of hydrogen-bond acceptors (Lipinski definition) is 0. The van der Waals surface area contributed by atoms with Gasteiger partial charge in [-0.25, -0.2) is 0 Å². The number of allylic oxidation sites excluding steroid dienone is 5. The van der Waals surface area contributed by atoms with Crippen LogP contribution in [-0.2, 0) is 0 Å². The molecule has 0 saturated carbocycles. The van der Waals surface area contributed by atoms with Crippen molar-refractivity contribution in [3.63, 3.8) is 0 Å². The van der Waals surface area contributed by atoms with Crippen molar-refractivity contribution in [3.05, 3.63) is 90.0 Å². The van der Waals surface area contributed by atoms with Gasteiger partial charge in [0.1, 0.15) is 0 Å². The van der Waals surface area contributed by atoms with E-state index in [1.54, 1.807) is 0 Å². The molecule has 0 aromatic heterocycles. The van der Waals surface area contributed by atoms with Gasteiger partial charge in [0.25, 0.3) is 0 Å². The van der Waals surface area contributed by atoms with E-state index in [9.17, 15) is 0 Å². The van der Waals surface area contributed by atoms with Gasteiger partial charge in [-0.2, -0.15) is 0 Å². The van der Waals surface area contributed by atoms with Crippen molar-refractivity contribution < 1.29 is 0 Å². The zero-order valence-corrected chi connectivity index (χ0v) is 12.5. The van der Waals surface area contributed by atoms with Gasteiger partial charge >= 0.3 is 0 Å². The van der Waals surface area contributed by atoms with Crippen LogP contribution in [0.2, 0.25) is 0 Å². The summed E-state index contributed by atoms with van der Waals surface area (Å²) < 4.78 is 0. The van der Waals surface area contributed by atoms with Crippen LogP contribution >= 0.6 is 0 Å². The number of hydrogen-bond donors (Lipinski definition) is 0. The van der Waals surface area contributed by atoms with Gasteiger partial charge in [-0.1, -0.05) is 78.9 Å². The van der Waals surface area contributed by atoms with E-state index in [-0.39, 0.29) is 0 Å². The highest BCUT2D eigenvalue weighted by Crippen LogP contribution is 2.34. The molecule has 0 spiro atoms. The maximum Gasteiger partial charge on any atom is -0.0106 e. The fourth-order valence-corrected chi connectivity index (χ4v) is 2.83. The Bertz CT molecular complexity index is 715. The first-order valence-electron chi connectivity index (χ1n) is 7.47. The topological polar surface area (TPSA) is 0 Å². The van der Waals surface area contributed by atoms with E-state index in [4.69, 9.17) is 0 Å². The van der Waals surface area contributed by atoms with E-state index in [2.05, 4.69) is 80.3 Å². The number of rotatable bonds is 3. The van der Waals surface area contributed by atoms with E-state index >= 15 is 0 Å². The summed E-state index contributed by atoms with van der Waals surface area (Å²) in [6, 6.07) is 19.2. The minimum Gasteiger partial charge on any atom is -0.0958 e. The summed E-state index contributed by atoms with van der Waals surface area (Å²) in [6.07, 6.45) is 6.84. The first kappa shape index (κ1) is 13.6. The molecule has 0 atom stereocenters. The van der Waals surface area contributed by atoms with Crippen LogP contribution in [0, 0.1) is 0 Å². The third-order valence-corrected chi connectivity index (χ3v) is 3.98. The molecule has 21 heavy (non-hydrogen) atoms. The van der Waals surface area contributed by atoms with Crippen molar-refractivity contribution in [1.82, 2.24) is 0 Å². The molecule has 0 unspecified atom stereocenters. The average molecular weight is 272 g/mol. The first-order chi connectivity index (χ1) is 10.3. The van der Waals surface area contributed by atoms with Crippen LogP contribution in [-0.4, -0.2) is 0 Å². The Kier molecular flexibility index (Phi) is 3.87. The standard InChI is InChI=1S/C21H20/c1-16(2)18-11-8-12-19(15-18)21-14-7-6-13-20(21)17-9-4-3-5-10-17/h3-7,9-10,12-15H,1,8,11H2,2H3. The SMILES string of the molecule is C=C(C)C1=CC(c2ccccc2-c2ccccc2)=CCC1. The lowest BCUT2D eigenvalue weighted by atomic mass is 9.88. The third kappa shape index (κ3) is 2.90. The Morgan fingerprint density at radius 3 is 2.29 bits per heavy atom. The normalized spacial score (nSPS) is 14.3. The van der Waals surface area contributed by atoms with Crippen molar-refractivity contribution in [1.29, 1.82) is 0 Å². The molecule has 0 saturated heterocycles. The average Bonchev–Trinajstić information content (AvgIpc) is 2.56. The highest BCUT2D eigenvalue weighted by atomic mass is 14.2. The molecular weight excluding hydrogens is 252 g/mol. The first-order valence-corrected chi connectivity index (χ1v) is 7.47. The van der Waals surface area contributed by atoms with Crippen LogP contribution < -0.4 is 0 Å². The minimum absolute atomic E-state index is 1.09. The van der Waals surface area contributed by atoms with Gasteiger partial charge in [-0.05, 0) is 47.6 Å². The fraction of sp³-hybridized carbons (Fsp3) is 0.143.